The molecule has 0 aliphatic heterocycles. The second-order valence-corrected chi connectivity index (χ2v) is 23.0. The molecule has 0 spiro atoms. The van der Waals surface area contributed by atoms with Crippen LogP contribution in [-0.2, 0) is 35.3 Å². The molecule has 1 unspecified atom stereocenters. The normalized spacial score (nSPS) is 12.1. The van der Waals surface area contributed by atoms with E-state index in [4.69, 9.17) is 24.7 Å². The summed E-state index contributed by atoms with van der Waals surface area (Å²) in [5, 5.41) is 23.5. The monoisotopic (exact) mass is 842 g/mol. The minimum Gasteiger partial charge on any atom is -0.616 e. The summed E-state index contributed by atoms with van der Waals surface area (Å²) in [6.07, 6.45) is 2.93. The molecule has 0 aliphatic carbocycles. The highest BCUT2D eigenvalue weighted by molar-refractivity contribution is 8.24. The van der Waals surface area contributed by atoms with Crippen LogP contribution in [0, 0.1) is 0 Å². The van der Waals surface area contributed by atoms with E-state index in [1.54, 1.807) is 11.8 Å². The van der Waals surface area contributed by atoms with Crippen molar-refractivity contribution in [2.45, 2.75) is 25.7 Å². The van der Waals surface area contributed by atoms with Gasteiger partial charge in [-0.2, -0.15) is 58.8 Å². The van der Waals surface area contributed by atoms with Gasteiger partial charge in [-0.05, 0) is 17.9 Å². The summed E-state index contributed by atoms with van der Waals surface area (Å²) in [5.74, 6) is 7.78. The van der Waals surface area contributed by atoms with Crippen molar-refractivity contribution >= 4 is 140 Å². The molecule has 0 aliphatic rings. The Kier molecular flexibility index (Phi) is 43.8. The van der Waals surface area contributed by atoms with Crippen molar-refractivity contribution in [3.8, 4) is 0 Å². The summed E-state index contributed by atoms with van der Waals surface area (Å²) in [4.78, 5) is 33.0. The quantitative estimate of drug-likeness (QED) is 0.0179. The number of esters is 1. The van der Waals surface area contributed by atoms with Crippen LogP contribution in [0.1, 0.15) is 25.7 Å². The van der Waals surface area contributed by atoms with Gasteiger partial charge in [-0.1, -0.05) is 22.9 Å². The third-order valence-electron chi connectivity index (χ3n) is 4.64. The van der Waals surface area contributed by atoms with Crippen molar-refractivity contribution in [2.24, 2.45) is 0 Å². The van der Waals surface area contributed by atoms with Crippen LogP contribution in [0.2, 0.25) is 0 Å². The molecule has 0 aromatic carbocycles. The number of carbonyl (C=O) groups excluding carboxylic acids is 2. The first-order chi connectivity index (χ1) is 22.1. The highest BCUT2D eigenvalue weighted by Crippen LogP contribution is 2.22. The molecule has 0 saturated carbocycles. The summed E-state index contributed by atoms with van der Waals surface area (Å²) in [7, 11) is 0. The lowest BCUT2D eigenvalue weighted by Crippen LogP contribution is -2.13. The van der Waals surface area contributed by atoms with Crippen molar-refractivity contribution in [2.75, 3.05) is 115 Å². The Hall–Kier alpha value is 2.79. The summed E-state index contributed by atoms with van der Waals surface area (Å²) >= 11 is 17.4. The summed E-state index contributed by atoms with van der Waals surface area (Å²) in [6.45, 7) is 0.693. The first kappa shape index (κ1) is 47.8. The Morgan fingerprint density at radius 3 is 1.73 bits per heavy atom. The fourth-order valence-corrected chi connectivity index (χ4v) is 15.7. The average molecular weight is 843 g/mol. The lowest BCUT2D eigenvalue weighted by Gasteiger charge is -2.10. The Labute approximate surface area is 316 Å². The van der Waals surface area contributed by atoms with E-state index in [9.17, 15) is 14.1 Å². The first-order valence-corrected chi connectivity index (χ1v) is 27.3. The molecule has 0 saturated heterocycles. The van der Waals surface area contributed by atoms with Gasteiger partial charge in [0.1, 0.15) is 24.7 Å². The molecule has 0 rings (SSSR count). The zero-order chi connectivity index (χ0) is 32.9. The van der Waals surface area contributed by atoms with E-state index in [1.807, 2.05) is 94.1 Å². The first-order valence-electron chi connectivity index (χ1n) is 14.4. The Morgan fingerprint density at radius 1 is 0.556 bits per heavy atom. The van der Waals surface area contributed by atoms with Gasteiger partial charge in [0.25, 0.3) is 0 Å². The van der Waals surface area contributed by atoms with E-state index in [2.05, 4.69) is 0 Å². The third kappa shape index (κ3) is 41.1. The smallest absolute Gasteiger partial charge is 0.306 e. The molecule has 0 radical (unpaired) electrons. The van der Waals surface area contributed by atoms with Gasteiger partial charge in [0.05, 0.1) is 26.2 Å². The van der Waals surface area contributed by atoms with Crippen LogP contribution >= 0.6 is 118 Å². The number of aliphatic hydroxyl groups excluding tert-OH is 2. The predicted molar refractivity (Wildman–Crippen MR) is 218 cm³/mol. The van der Waals surface area contributed by atoms with E-state index in [-0.39, 0.29) is 32.4 Å². The number of hydrogen-bond acceptors (Lipinski definition) is 18. The van der Waals surface area contributed by atoms with Gasteiger partial charge >= 0.3 is 5.97 Å². The maximum absolute atomic E-state index is 12.2. The lowest BCUT2D eigenvalue weighted by atomic mass is 10.5. The molecular formula is C26H50O8S11. The van der Waals surface area contributed by atoms with Crippen LogP contribution < -0.4 is 0 Å². The van der Waals surface area contributed by atoms with E-state index in [0.717, 1.165) is 95.1 Å². The molecule has 0 heterocycles. The van der Waals surface area contributed by atoms with E-state index < -0.39 is 11.2 Å². The standard InChI is InChI=1S/C26H50O8S11/c27-5-8-32-25(29)3-12-37-21-42-20-36-11-2-17-45(31)18-16-40-24-43-23-39-14-15-44-26(30)4-13-38-22-41-19-35-10-1-7-33-34-9-6-28/h27-28H,1-24H2. The number of hydrogen-bond donors (Lipinski definition) is 2. The van der Waals surface area contributed by atoms with Gasteiger partial charge in [-0.15, -0.1) is 47.0 Å². The van der Waals surface area contributed by atoms with Gasteiger partial charge in [-0.3, -0.25) is 9.59 Å². The molecule has 19 heteroatoms. The highest BCUT2D eigenvalue weighted by Gasteiger charge is 2.07. The van der Waals surface area contributed by atoms with Crippen LogP contribution in [0.5, 0.6) is 0 Å². The SMILES string of the molecule is O=C(CCSCSCSCCC[S+]([O-])CCSCSCSCCSC(=O)CCSCSCSCCCOOCCO)OCCO. The minimum absolute atomic E-state index is 0.0250. The largest absolute Gasteiger partial charge is 0.616 e. The van der Waals surface area contributed by atoms with E-state index in [1.165, 1.54) is 11.8 Å². The number of rotatable bonds is 37. The van der Waals surface area contributed by atoms with Crippen LogP contribution in [-0.4, -0.2) is 141 Å². The molecule has 0 bridgehead atoms. The number of ether oxygens (including phenoxy) is 1. The number of thioether (sulfide) groups is 10. The predicted octanol–water partition coefficient (Wildman–Crippen LogP) is 6.38. The Morgan fingerprint density at radius 2 is 1.09 bits per heavy atom. The van der Waals surface area contributed by atoms with Crippen molar-refractivity contribution in [3.05, 3.63) is 0 Å². The van der Waals surface area contributed by atoms with Crippen LogP contribution in [0.15, 0.2) is 0 Å². The number of carbonyl (C=O) groups is 2. The molecule has 45 heavy (non-hydrogen) atoms. The van der Waals surface area contributed by atoms with Crippen molar-refractivity contribution in [1.29, 1.82) is 0 Å². The van der Waals surface area contributed by atoms with E-state index >= 15 is 0 Å². The molecule has 0 fully saturated rings. The molecule has 268 valence electrons. The molecule has 0 aromatic rings. The average Bonchev–Trinajstić information content (AvgIpc) is 3.03. The molecule has 8 nitrogen and oxygen atoms in total. The molecular weight excluding hydrogens is 793 g/mol. The van der Waals surface area contributed by atoms with Crippen molar-refractivity contribution in [1.82, 2.24) is 0 Å². The summed E-state index contributed by atoms with van der Waals surface area (Å²) in [5.41, 5.74) is 0. The fourth-order valence-electron chi connectivity index (χ4n) is 2.59. The van der Waals surface area contributed by atoms with Crippen molar-refractivity contribution in [3.63, 3.8) is 0 Å². The van der Waals surface area contributed by atoms with Gasteiger partial charge in [-0.25, -0.2) is 9.78 Å². The van der Waals surface area contributed by atoms with Crippen molar-refractivity contribution < 1.29 is 38.9 Å². The molecule has 1 atom stereocenters. The number of aliphatic hydroxyl groups is 2. The second kappa shape index (κ2) is 41.2. The van der Waals surface area contributed by atoms with Crippen LogP contribution in [0.3, 0.4) is 0 Å². The Bertz CT molecular complexity index is 648. The zero-order valence-electron chi connectivity index (χ0n) is 25.8. The van der Waals surface area contributed by atoms with Crippen LogP contribution in [0.25, 0.3) is 0 Å². The van der Waals surface area contributed by atoms with Crippen LogP contribution in [0.4, 0.5) is 0 Å². The van der Waals surface area contributed by atoms with Gasteiger partial charge in [0.2, 0.25) is 0 Å². The van der Waals surface area contributed by atoms with Gasteiger partial charge < -0.3 is 19.5 Å². The maximum atomic E-state index is 12.2. The van der Waals surface area contributed by atoms with Gasteiger partial charge in [0.15, 0.2) is 5.12 Å². The van der Waals surface area contributed by atoms with Gasteiger partial charge in [0, 0.05) is 72.1 Å². The second-order valence-electron chi connectivity index (χ2n) is 8.36. The molecule has 0 amide bonds. The summed E-state index contributed by atoms with van der Waals surface area (Å²) in [6, 6.07) is 0. The topological polar surface area (TPSA) is 125 Å². The fraction of sp³-hybridized carbons (Fsp3) is 0.923. The third-order valence-corrected chi connectivity index (χ3v) is 18.6. The molecule has 2 N–H and O–H groups in total. The zero-order valence-corrected chi connectivity index (χ0v) is 34.8. The van der Waals surface area contributed by atoms with E-state index in [0.29, 0.717) is 24.6 Å². The Balaban J connectivity index is 3.26. The lowest BCUT2D eigenvalue weighted by molar-refractivity contribution is -0.297. The maximum Gasteiger partial charge on any atom is 0.306 e. The molecule has 0 aromatic heterocycles. The summed E-state index contributed by atoms with van der Waals surface area (Å²) < 4.78 is 17.0. The highest BCUT2D eigenvalue weighted by atomic mass is 32.2. The minimum atomic E-state index is -0.733.